The number of nitrogens with zero attached hydrogens (tertiary/aromatic N) is 2. The zero-order valence-corrected chi connectivity index (χ0v) is 18.1. The molecule has 0 bridgehead atoms. The number of para-hydroxylation sites is 1. The number of benzene rings is 2. The molecule has 0 spiro atoms. The molecular formula is C23H26N2O5S. The van der Waals surface area contributed by atoms with Gasteiger partial charge in [-0.3, -0.25) is 4.99 Å². The standard InChI is InChI=1S/C23H26N2O5S/c26-31(27,25-11-13-28-14-12-25)19-9-7-17(8-10-19)15-24-22(18-3-1-4-18)20-5-2-6-21-23(20)30-16-29-21/h2,5-10,18H,1,3-4,11-16H2. The van der Waals surface area contributed by atoms with Crippen LogP contribution in [0.1, 0.15) is 30.4 Å². The lowest BCUT2D eigenvalue weighted by atomic mass is 9.79. The summed E-state index contributed by atoms with van der Waals surface area (Å²) in [6.45, 7) is 2.40. The second kappa shape index (κ2) is 8.61. The Morgan fingerprint density at radius 1 is 1.03 bits per heavy atom. The van der Waals surface area contributed by atoms with E-state index in [-0.39, 0.29) is 6.79 Å². The molecule has 3 aliphatic rings. The Labute approximate surface area is 182 Å². The molecule has 2 aromatic rings. The van der Waals surface area contributed by atoms with Crippen molar-refractivity contribution >= 4 is 15.7 Å². The zero-order valence-electron chi connectivity index (χ0n) is 17.3. The van der Waals surface area contributed by atoms with Gasteiger partial charge in [-0.15, -0.1) is 0 Å². The molecule has 0 N–H and O–H groups in total. The summed E-state index contributed by atoms with van der Waals surface area (Å²) in [6.07, 6.45) is 3.46. The van der Waals surface area contributed by atoms with Gasteiger partial charge in [0.15, 0.2) is 11.5 Å². The van der Waals surface area contributed by atoms with Gasteiger partial charge in [-0.25, -0.2) is 8.42 Å². The summed E-state index contributed by atoms with van der Waals surface area (Å²) in [5.41, 5.74) is 3.03. The highest BCUT2D eigenvalue weighted by molar-refractivity contribution is 7.89. The van der Waals surface area contributed by atoms with Gasteiger partial charge < -0.3 is 14.2 Å². The SMILES string of the molecule is O=S(=O)(c1ccc(CN=C(c2cccc3c2OCO3)C2CCC2)cc1)N1CCOCC1. The van der Waals surface area contributed by atoms with Crippen molar-refractivity contribution in [3.05, 3.63) is 53.6 Å². The fourth-order valence-corrected chi connectivity index (χ4v) is 5.54. The quantitative estimate of drug-likeness (QED) is 0.642. The highest BCUT2D eigenvalue weighted by Crippen LogP contribution is 2.40. The van der Waals surface area contributed by atoms with Crippen molar-refractivity contribution in [2.45, 2.75) is 30.7 Å². The predicted octanol–water partition coefficient (Wildman–Crippen LogP) is 3.23. The Balaban J connectivity index is 1.37. The molecule has 1 aliphatic carbocycles. The van der Waals surface area contributed by atoms with Gasteiger partial charge in [0.05, 0.1) is 24.7 Å². The summed E-state index contributed by atoms with van der Waals surface area (Å²) in [5, 5.41) is 0. The van der Waals surface area contributed by atoms with Crippen LogP contribution in [0, 0.1) is 5.92 Å². The molecule has 2 heterocycles. The molecule has 2 aliphatic heterocycles. The number of fused-ring (bicyclic) bond motifs is 1. The van der Waals surface area contributed by atoms with Gasteiger partial charge in [0.2, 0.25) is 16.8 Å². The smallest absolute Gasteiger partial charge is 0.243 e. The van der Waals surface area contributed by atoms with E-state index in [1.54, 1.807) is 12.1 Å². The van der Waals surface area contributed by atoms with E-state index >= 15 is 0 Å². The minimum atomic E-state index is -3.48. The topological polar surface area (TPSA) is 77.4 Å². The fraction of sp³-hybridized carbons (Fsp3) is 0.435. The number of hydrogen-bond donors (Lipinski definition) is 0. The van der Waals surface area contributed by atoms with Crippen LogP contribution >= 0.6 is 0 Å². The van der Waals surface area contributed by atoms with Crippen molar-refractivity contribution in [1.29, 1.82) is 0 Å². The van der Waals surface area contributed by atoms with Crippen LogP contribution < -0.4 is 9.47 Å². The summed E-state index contributed by atoms with van der Waals surface area (Å²) < 4.78 is 43.6. The van der Waals surface area contributed by atoms with Crippen molar-refractivity contribution in [3.63, 3.8) is 0 Å². The van der Waals surface area contributed by atoms with E-state index in [0.717, 1.165) is 41.2 Å². The fourth-order valence-electron chi connectivity index (χ4n) is 4.13. The monoisotopic (exact) mass is 442 g/mol. The lowest BCUT2D eigenvalue weighted by molar-refractivity contribution is 0.0730. The molecule has 1 saturated heterocycles. The first-order valence-electron chi connectivity index (χ1n) is 10.7. The molecular weight excluding hydrogens is 416 g/mol. The normalized spacial score (nSPS) is 19.9. The van der Waals surface area contributed by atoms with E-state index in [4.69, 9.17) is 19.2 Å². The summed E-state index contributed by atoms with van der Waals surface area (Å²) in [4.78, 5) is 5.26. The molecule has 0 amide bonds. The summed E-state index contributed by atoms with van der Waals surface area (Å²) in [6, 6.07) is 13.0. The predicted molar refractivity (Wildman–Crippen MR) is 116 cm³/mol. The Hall–Kier alpha value is -2.42. The Kier molecular flexibility index (Phi) is 5.69. The van der Waals surface area contributed by atoms with Crippen LogP contribution in [-0.2, 0) is 21.3 Å². The maximum atomic E-state index is 12.8. The average Bonchev–Trinajstić information content (AvgIpc) is 3.25. The third kappa shape index (κ3) is 4.07. The van der Waals surface area contributed by atoms with Gasteiger partial charge in [-0.1, -0.05) is 24.6 Å². The summed E-state index contributed by atoms with van der Waals surface area (Å²) in [7, 11) is -3.48. The van der Waals surface area contributed by atoms with Gasteiger partial charge in [-0.2, -0.15) is 4.31 Å². The minimum Gasteiger partial charge on any atom is -0.454 e. The number of sulfonamides is 1. The number of morpholine rings is 1. The molecule has 0 aromatic heterocycles. The lowest BCUT2D eigenvalue weighted by Crippen LogP contribution is -2.40. The second-order valence-corrected chi connectivity index (χ2v) is 9.97. The molecule has 2 fully saturated rings. The Bertz CT molecular complexity index is 1070. The van der Waals surface area contributed by atoms with Crippen LogP contribution in [0.3, 0.4) is 0 Å². The maximum Gasteiger partial charge on any atom is 0.243 e. The molecule has 2 aromatic carbocycles. The van der Waals surface area contributed by atoms with Crippen molar-refractivity contribution in [2.75, 3.05) is 33.1 Å². The Morgan fingerprint density at radius 3 is 2.52 bits per heavy atom. The van der Waals surface area contributed by atoms with E-state index in [2.05, 4.69) is 0 Å². The molecule has 1 saturated carbocycles. The van der Waals surface area contributed by atoms with E-state index in [9.17, 15) is 8.42 Å². The molecule has 31 heavy (non-hydrogen) atoms. The van der Waals surface area contributed by atoms with Crippen LogP contribution in [0.4, 0.5) is 0 Å². The van der Waals surface area contributed by atoms with Gasteiger partial charge in [0.25, 0.3) is 0 Å². The third-order valence-electron chi connectivity index (χ3n) is 6.13. The first kappa shape index (κ1) is 20.5. The van der Waals surface area contributed by atoms with Crippen LogP contribution in [0.2, 0.25) is 0 Å². The minimum absolute atomic E-state index is 0.239. The highest BCUT2D eigenvalue weighted by atomic mass is 32.2. The van der Waals surface area contributed by atoms with Crippen LogP contribution in [-0.4, -0.2) is 51.5 Å². The van der Waals surface area contributed by atoms with Crippen LogP contribution in [0.25, 0.3) is 0 Å². The molecule has 7 nitrogen and oxygen atoms in total. The van der Waals surface area contributed by atoms with E-state index in [1.807, 2.05) is 30.3 Å². The molecule has 164 valence electrons. The molecule has 0 radical (unpaired) electrons. The summed E-state index contributed by atoms with van der Waals surface area (Å²) >= 11 is 0. The number of rotatable bonds is 6. The number of aliphatic imine (C=N–C) groups is 1. The molecule has 8 heteroatoms. The van der Waals surface area contributed by atoms with Crippen LogP contribution in [0.15, 0.2) is 52.4 Å². The average molecular weight is 443 g/mol. The van der Waals surface area contributed by atoms with E-state index in [0.29, 0.717) is 43.7 Å². The largest absolute Gasteiger partial charge is 0.454 e. The first-order chi connectivity index (χ1) is 15.1. The number of hydrogen-bond acceptors (Lipinski definition) is 6. The van der Waals surface area contributed by atoms with Crippen molar-refractivity contribution in [3.8, 4) is 11.5 Å². The zero-order chi connectivity index (χ0) is 21.3. The summed E-state index contributed by atoms with van der Waals surface area (Å²) in [5.74, 6) is 1.97. The van der Waals surface area contributed by atoms with Gasteiger partial charge in [0, 0.05) is 30.3 Å². The molecule has 5 rings (SSSR count). The first-order valence-corrected chi connectivity index (χ1v) is 12.2. The third-order valence-corrected chi connectivity index (χ3v) is 8.04. The van der Waals surface area contributed by atoms with Gasteiger partial charge in [-0.05, 0) is 42.7 Å². The van der Waals surface area contributed by atoms with Crippen molar-refractivity contribution in [2.24, 2.45) is 10.9 Å². The van der Waals surface area contributed by atoms with Gasteiger partial charge in [0.1, 0.15) is 0 Å². The highest BCUT2D eigenvalue weighted by Gasteiger charge is 2.29. The number of ether oxygens (including phenoxy) is 3. The lowest BCUT2D eigenvalue weighted by Gasteiger charge is -2.28. The molecule has 0 atom stereocenters. The van der Waals surface area contributed by atoms with Gasteiger partial charge >= 0.3 is 0 Å². The second-order valence-electron chi connectivity index (χ2n) is 8.03. The van der Waals surface area contributed by atoms with E-state index in [1.165, 1.54) is 10.7 Å². The van der Waals surface area contributed by atoms with Crippen LogP contribution in [0.5, 0.6) is 11.5 Å². The molecule has 0 unspecified atom stereocenters. The van der Waals surface area contributed by atoms with E-state index < -0.39 is 10.0 Å². The Morgan fingerprint density at radius 2 is 1.81 bits per heavy atom. The maximum absolute atomic E-state index is 12.8. The van der Waals surface area contributed by atoms with Crippen molar-refractivity contribution < 1.29 is 22.6 Å². The van der Waals surface area contributed by atoms with Crippen molar-refractivity contribution in [1.82, 2.24) is 4.31 Å².